The van der Waals surface area contributed by atoms with E-state index in [0.717, 1.165) is 44.3 Å². The number of hydrogen-bond acceptors (Lipinski definition) is 4. The fraction of sp³-hybridized carbons (Fsp3) is 0.793. The fourth-order valence-corrected chi connectivity index (χ4v) is 8.86. The van der Waals surface area contributed by atoms with Gasteiger partial charge in [-0.1, -0.05) is 62.6 Å². The van der Waals surface area contributed by atoms with Crippen molar-refractivity contribution in [2.75, 3.05) is 5.75 Å². The van der Waals surface area contributed by atoms with Crippen LogP contribution >= 0.6 is 11.8 Å². The molecule has 0 spiro atoms. The number of aliphatic hydroxyl groups excluding tert-OH is 2. The highest BCUT2D eigenvalue weighted by molar-refractivity contribution is 8.00. The van der Waals surface area contributed by atoms with Gasteiger partial charge in [0.15, 0.2) is 0 Å². The van der Waals surface area contributed by atoms with E-state index in [2.05, 4.69) is 64.6 Å². The van der Waals surface area contributed by atoms with Crippen molar-refractivity contribution in [2.45, 2.75) is 115 Å². The maximum Gasteiger partial charge on any atom is 0.0661 e. The molecule has 0 aromatic heterocycles. The quantitative estimate of drug-likeness (QED) is 0.290. The first-order valence-corrected chi connectivity index (χ1v) is 14.5. The molecular weight excluding hydrogens is 428 g/mol. The van der Waals surface area contributed by atoms with Crippen molar-refractivity contribution in [2.24, 2.45) is 22.7 Å². The Morgan fingerprint density at radius 2 is 1.88 bits per heavy atom. The Bertz CT molecular complexity index is 825. The molecule has 4 rings (SSSR count). The van der Waals surface area contributed by atoms with Crippen LogP contribution in [0.4, 0.5) is 0 Å². The summed E-state index contributed by atoms with van der Waals surface area (Å²) in [5, 5.41) is 32.4. The minimum atomic E-state index is -0.485. The van der Waals surface area contributed by atoms with Gasteiger partial charge in [0.25, 0.3) is 0 Å². The van der Waals surface area contributed by atoms with Gasteiger partial charge >= 0.3 is 0 Å². The predicted molar refractivity (Wildman–Crippen MR) is 139 cm³/mol. The average molecular weight is 475 g/mol. The second-order valence-electron chi connectivity index (χ2n) is 11.8. The van der Waals surface area contributed by atoms with E-state index in [1.54, 1.807) is 11.1 Å². The first kappa shape index (κ1) is 25.5. The average Bonchev–Trinajstić information content (AvgIpc) is 3.15. The first-order chi connectivity index (χ1) is 15.6. The summed E-state index contributed by atoms with van der Waals surface area (Å²) < 4.78 is 0. The van der Waals surface area contributed by atoms with Crippen LogP contribution in [0.3, 0.4) is 0 Å². The van der Waals surface area contributed by atoms with E-state index < -0.39 is 17.8 Å². The van der Waals surface area contributed by atoms with Crippen molar-refractivity contribution in [1.82, 2.24) is 0 Å². The van der Waals surface area contributed by atoms with Crippen LogP contribution in [-0.4, -0.2) is 44.1 Å². The maximum atomic E-state index is 11.1. The highest BCUT2D eigenvalue weighted by Gasteiger charge is 2.57. The molecule has 0 amide bonds. The molecule has 7 atom stereocenters. The summed E-state index contributed by atoms with van der Waals surface area (Å²) in [5.74, 6) is 2.04. The molecule has 4 aliphatic rings. The van der Waals surface area contributed by atoms with Gasteiger partial charge in [0, 0.05) is 17.1 Å². The standard InChI is InChI=1S/C29H46O3S/c1-6-29(32,7-2)14-8-16-33-19(3)23-11-12-24-22-10-9-20-17-21(30)18-26(31)28(20,5)25(22)13-15-27(23,24)4/h9-11,19,21,24-26,30-32H,6-8,12-18H2,1-5H3/t19?,21-,24+,25+,26+,27-,28+/m1/s1. The SMILES string of the molecule is CCC(O)(CC)CCCSC(C)C1=CC[C@H]2C3=CC=C4C[C@@H](O)C[C@H](O)[C@]4(C)[C@H]3CC[C@]12C. The van der Waals surface area contributed by atoms with Gasteiger partial charge in [0.05, 0.1) is 17.8 Å². The third-order valence-electron chi connectivity index (χ3n) is 10.2. The second kappa shape index (κ2) is 9.48. The molecule has 4 heteroatoms. The van der Waals surface area contributed by atoms with Crippen molar-refractivity contribution in [3.8, 4) is 0 Å². The third kappa shape index (κ3) is 4.32. The van der Waals surface area contributed by atoms with Crippen molar-refractivity contribution in [3.05, 3.63) is 34.9 Å². The Morgan fingerprint density at radius 1 is 1.15 bits per heavy atom. The number of hydrogen-bond donors (Lipinski definition) is 3. The largest absolute Gasteiger partial charge is 0.393 e. The fourth-order valence-electron chi connectivity index (χ4n) is 7.65. The maximum absolute atomic E-state index is 11.1. The number of thioether (sulfide) groups is 1. The van der Waals surface area contributed by atoms with E-state index in [-0.39, 0.29) is 10.8 Å². The van der Waals surface area contributed by atoms with Crippen LogP contribution in [0.1, 0.15) is 92.4 Å². The van der Waals surface area contributed by atoms with E-state index >= 15 is 0 Å². The summed E-state index contributed by atoms with van der Waals surface area (Å²) in [7, 11) is 0. The molecule has 0 heterocycles. The number of allylic oxidation sites excluding steroid dienone is 4. The van der Waals surface area contributed by atoms with Crippen molar-refractivity contribution < 1.29 is 15.3 Å². The van der Waals surface area contributed by atoms with Crippen LogP contribution in [0.2, 0.25) is 0 Å². The summed E-state index contributed by atoms with van der Waals surface area (Å²) in [6.45, 7) is 11.3. The summed E-state index contributed by atoms with van der Waals surface area (Å²) in [4.78, 5) is 0. The zero-order valence-electron chi connectivity index (χ0n) is 21.4. The Labute approximate surface area is 205 Å². The third-order valence-corrected chi connectivity index (χ3v) is 11.5. The van der Waals surface area contributed by atoms with Gasteiger partial charge in [-0.3, -0.25) is 0 Å². The predicted octanol–water partition coefficient (Wildman–Crippen LogP) is 6.19. The molecule has 0 radical (unpaired) electrons. The highest BCUT2D eigenvalue weighted by Crippen LogP contribution is 2.64. The lowest BCUT2D eigenvalue weighted by Gasteiger charge is -2.56. The molecule has 0 aromatic carbocycles. The molecule has 2 saturated carbocycles. The number of aliphatic hydroxyl groups is 3. The Morgan fingerprint density at radius 3 is 2.58 bits per heavy atom. The molecule has 2 fully saturated rings. The molecule has 0 aromatic rings. The summed E-state index contributed by atoms with van der Waals surface area (Å²) in [6.07, 6.45) is 14.5. The zero-order valence-corrected chi connectivity index (χ0v) is 22.3. The van der Waals surface area contributed by atoms with E-state index in [4.69, 9.17) is 0 Å². The van der Waals surface area contributed by atoms with Crippen LogP contribution in [-0.2, 0) is 0 Å². The van der Waals surface area contributed by atoms with Crippen molar-refractivity contribution >= 4 is 11.8 Å². The van der Waals surface area contributed by atoms with E-state index in [9.17, 15) is 15.3 Å². The van der Waals surface area contributed by atoms with Crippen molar-refractivity contribution in [1.29, 1.82) is 0 Å². The Balaban J connectivity index is 1.44. The normalized spacial score (nSPS) is 39.1. The molecule has 33 heavy (non-hydrogen) atoms. The van der Waals surface area contributed by atoms with Crippen LogP contribution in [0, 0.1) is 22.7 Å². The minimum absolute atomic E-state index is 0.211. The number of rotatable bonds is 8. The smallest absolute Gasteiger partial charge is 0.0661 e. The van der Waals surface area contributed by atoms with Crippen LogP contribution < -0.4 is 0 Å². The monoisotopic (exact) mass is 474 g/mol. The molecule has 3 nitrogen and oxygen atoms in total. The van der Waals surface area contributed by atoms with E-state index in [1.807, 2.05) is 0 Å². The molecular formula is C29H46O3S. The Kier molecular flexibility index (Phi) is 7.34. The van der Waals surface area contributed by atoms with Gasteiger partial charge in [-0.25, -0.2) is 0 Å². The lowest BCUT2D eigenvalue weighted by Crippen LogP contribution is -2.52. The van der Waals surface area contributed by atoms with E-state index in [1.165, 1.54) is 12.0 Å². The van der Waals surface area contributed by atoms with E-state index in [0.29, 0.717) is 29.9 Å². The topological polar surface area (TPSA) is 60.7 Å². The summed E-state index contributed by atoms with van der Waals surface area (Å²) in [6, 6.07) is 0. The van der Waals surface area contributed by atoms with Crippen LogP contribution in [0.25, 0.3) is 0 Å². The van der Waals surface area contributed by atoms with Crippen LogP contribution in [0.15, 0.2) is 34.9 Å². The molecule has 186 valence electrons. The highest BCUT2D eigenvalue weighted by atomic mass is 32.2. The molecule has 3 N–H and O–H groups in total. The summed E-state index contributed by atoms with van der Waals surface area (Å²) >= 11 is 2.06. The van der Waals surface area contributed by atoms with Gasteiger partial charge in [-0.2, -0.15) is 11.8 Å². The van der Waals surface area contributed by atoms with Gasteiger partial charge in [0.1, 0.15) is 0 Å². The van der Waals surface area contributed by atoms with Gasteiger partial charge in [0.2, 0.25) is 0 Å². The molecule has 4 aliphatic carbocycles. The lowest BCUT2D eigenvalue weighted by atomic mass is 9.50. The molecule has 0 bridgehead atoms. The summed E-state index contributed by atoms with van der Waals surface area (Å²) in [5.41, 5.74) is 3.93. The molecule has 0 saturated heterocycles. The lowest BCUT2D eigenvalue weighted by molar-refractivity contribution is -0.0489. The zero-order chi connectivity index (χ0) is 24.0. The second-order valence-corrected chi connectivity index (χ2v) is 13.2. The number of fused-ring (bicyclic) bond motifs is 5. The van der Waals surface area contributed by atoms with Gasteiger partial charge in [-0.15, -0.1) is 0 Å². The molecule has 1 unspecified atom stereocenters. The van der Waals surface area contributed by atoms with Gasteiger partial charge < -0.3 is 15.3 Å². The van der Waals surface area contributed by atoms with Crippen LogP contribution in [0.5, 0.6) is 0 Å². The Hall–Kier alpha value is -0.550. The molecule has 0 aliphatic heterocycles. The minimum Gasteiger partial charge on any atom is -0.393 e. The van der Waals surface area contributed by atoms with Gasteiger partial charge in [-0.05, 0) is 81.3 Å². The van der Waals surface area contributed by atoms with Crippen molar-refractivity contribution in [3.63, 3.8) is 0 Å². The first-order valence-electron chi connectivity index (χ1n) is 13.4.